The summed E-state index contributed by atoms with van der Waals surface area (Å²) >= 11 is 0. The number of hydrogen-bond donors (Lipinski definition) is 3. The normalized spacial score (nSPS) is 7.90. The van der Waals surface area contributed by atoms with Crippen molar-refractivity contribution in [1.29, 1.82) is 0 Å². The number of hydrogen-bond acceptors (Lipinski definition) is 3. The van der Waals surface area contributed by atoms with Gasteiger partial charge in [0.1, 0.15) is 6.61 Å². The number of carboxylic acids is 1. The van der Waals surface area contributed by atoms with E-state index in [9.17, 15) is 0 Å². The highest BCUT2D eigenvalue weighted by Gasteiger charge is 1.82. The number of carbonyl (C=O) groups is 1. The number of aliphatic hydroxyl groups is 2. The molecule has 0 radical (unpaired) electrons. The first-order valence-corrected chi connectivity index (χ1v) is 3.12. The van der Waals surface area contributed by atoms with Gasteiger partial charge in [0.2, 0.25) is 0 Å². The average Bonchev–Trinajstić information content (AvgIpc) is 1.91. The van der Waals surface area contributed by atoms with Crippen molar-refractivity contribution in [3.05, 3.63) is 0 Å². The standard InChI is InChI=1S/C4H10O.C2H4O3/c1-2-3-4-5;3-1-2(4)5/h5H,2-4H2,1H3;3H,1H2,(H,4,5). The summed E-state index contributed by atoms with van der Waals surface area (Å²) in [4.78, 5) is 9.12. The fourth-order valence-electron chi connectivity index (χ4n) is 0.158. The maximum Gasteiger partial charge on any atom is 0.329 e. The molecule has 62 valence electrons. The molecule has 0 saturated carbocycles. The van der Waals surface area contributed by atoms with Gasteiger partial charge in [-0.15, -0.1) is 0 Å². The molecule has 0 heterocycles. The Morgan fingerprint density at radius 2 is 1.80 bits per heavy atom. The van der Waals surface area contributed by atoms with Crippen molar-refractivity contribution >= 4 is 5.97 Å². The van der Waals surface area contributed by atoms with Crippen LogP contribution in [0.4, 0.5) is 0 Å². The van der Waals surface area contributed by atoms with Crippen molar-refractivity contribution in [2.75, 3.05) is 13.2 Å². The second-order valence-electron chi connectivity index (χ2n) is 1.63. The Labute approximate surface area is 60.1 Å². The molecule has 0 aromatic heterocycles. The van der Waals surface area contributed by atoms with E-state index in [1.807, 2.05) is 0 Å². The molecular formula is C6H14O4. The van der Waals surface area contributed by atoms with Gasteiger partial charge in [-0.3, -0.25) is 0 Å². The fourth-order valence-corrected chi connectivity index (χ4v) is 0.158. The second kappa shape index (κ2) is 11.2. The summed E-state index contributed by atoms with van der Waals surface area (Å²) in [6.45, 7) is 1.62. The molecule has 0 atom stereocenters. The molecule has 4 heteroatoms. The Morgan fingerprint density at radius 3 is 1.80 bits per heavy atom. The number of aliphatic hydroxyl groups excluding tert-OH is 2. The predicted molar refractivity (Wildman–Crippen MR) is 36.7 cm³/mol. The van der Waals surface area contributed by atoms with Crippen LogP contribution in [0.2, 0.25) is 0 Å². The number of carboxylic acid groups (broad SMARTS) is 1. The Bertz CT molecular complexity index is 70.1. The van der Waals surface area contributed by atoms with Gasteiger partial charge in [0.05, 0.1) is 0 Å². The van der Waals surface area contributed by atoms with E-state index in [1.54, 1.807) is 0 Å². The Hall–Kier alpha value is -0.610. The van der Waals surface area contributed by atoms with Crippen LogP contribution in [0.25, 0.3) is 0 Å². The lowest BCUT2D eigenvalue weighted by Crippen LogP contribution is -1.98. The van der Waals surface area contributed by atoms with Crippen molar-refractivity contribution in [1.82, 2.24) is 0 Å². The molecule has 10 heavy (non-hydrogen) atoms. The third kappa shape index (κ3) is 26.3. The molecule has 0 aromatic carbocycles. The number of aliphatic carboxylic acids is 1. The highest BCUT2D eigenvalue weighted by Crippen LogP contribution is 1.78. The van der Waals surface area contributed by atoms with Gasteiger partial charge in [-0.1, -0.05) is 13.3 Å². The van der Waals surface area contributed by atoms with Gasteiger partial charge in [0, 0.05) is 6.61 Å². The first kappa shape index (κ1) is 12.1. The zero-order valence-corrected chi connectivity index (χ0v) is 6.08. The summed E-state index contributed by atoms with van der Waals surface area (Å²) in [5, 5.41) is 23.1. The zero-order chi connectivity index (χ0) is 8.41. The van der Waals surface area contributed by atoms with E-state index in [1.165, 1.54) is 0 Å². The number of unbranched alkanes of at least 4 members (excludes halogenated alkanes) is 1. The quantitative estimate of drug-likeness (QED) is 0.522. The van der Waals surface area contributed by atoms with Crippen LogP contribution in [0.1, 0.15) is 19.8 Å². The summed E-state index contributed by atoms with van der Waals surface area (Å²) in [6.07, 6.45) is 2.04. The van der Waals surface area contributed by atoms with Gasteiger partial charge in [-0.05, 0) is 6.42 Å². The van der Waals surface area contributed by atoms with Gasteiger partial charge < -0.3 is 15.3 Å². The third-order valence-corrected chi connectivity index (χ3v) is 0.647. The lowest BCUT2D eigenvalue weighted by atomic mass is 10.4. The topological polar surface area (TPSA) is 77.8 Å². The molecule has 0 aliphatic carbocycles. The molecule has 0 spiro atoms. The average molecular weight is 150 g/mol. The minimum Gasteiger partial charge on any atom is -0.480 e. The minimum absolute atomic E-state index is 0.344. The smallest absolute Gasteiger partial charge is 0.329 e. The molecule has 0 fully saturated rings. The van der Waals surface area contributed by atoms with Crippen molar-refractivity contribution in [3.63, 3.8) is 0 Å². The molecule has 0 rings (SSSR count). The molecule has 0 aromatic rings. The van der Waals surface area contributed by atoms with Crippen molar-refractivity contribution in [3.8, 4) is 0 Å². The van der Waals surface area contributed by atoms with E-state index >= 15 is 0 Å². The maximum absolute atomic E-state index is 9.12. The Kier molecular flexibility index (Phi) is 13.6. The monoisotopic (exact) mass is 150 g/mol. The van der Waals surface area contributed by atoms with Crippen LogP contribution >= 0.6 is 0 Å². The molecule has 0 unspecified atom stereocenters. The molecule has 3 N–H and O–H groups in total. The van der Waals surface area contributed by atoms with E-state index in [0.29, 0.717) is 6.61 Å². The lowest BCUT2D eigenvalue weighted by Gasteiger charge is -1.79. The summed E-state index contributed by atoms with van der Waals surface area (Å²) in [5.74, 6) is -1.19. The van der Waals surface area contributed by atoms with Crippen molar-refractivity contribution < 1.29 is 20.1 Å². The van der Waals surface area contributed by atoms with E-state index in [2.05, 4.69) is 6.92 Å². The van der Waals surface area contributed by atoms with Gasteiger partial charge in [-0.2, -0.15) is 0 Å². The van der Waals surface area contributed by atoms with Crippen molar-refractivity contribution in [2.24, 2.45) is 0 Å². The molecule has 4 nitrogen and oxygen atoms in total. The number of rotatable bonds is 3. The Morgan fingerprint density at radius 1 is 1.40 bits per heavy atom. The summed E-state index contributed by atoms with van der Waals surface area (Å²) in [6, 6.07) is 0. The molecule has 0 aliphatic rings. The van der Waals surface area contributed by atoms with Crippen LogP contribution in [-0.2, 0) is 4.79 Å². The minimum atomic E-state index is -1.19. The fraction of sp³-hybridized carbons (Fsp3) is 0.833. The first-order chi connectivity index (χ1) is 4.68. The van der Waals surface area contributed by atoms with Gasteiger partial charge in [0.15, 0.2) is 0 Å². The third-order valence-electron chi connectivity index (χ3n) is 0.647. The largest absolute Gasteiger partial charge is 0.480 e. The van der Waals surface area contributed by atoms with Crippen molar-refractivity contribution in [2.45, 2.75) is 19.8 Å². The van der Waals surface area contributed by atoms with Gasteiger partial charge in [0.25, 0.3) is 0 Å². The lowest BCUT2D eigenvalue weighted by molar-refractivity contribution is -0.140. The molecule has 0 aliphatic heterocycles. The molecule has 0 saturated heterocycles. The molecule has 0 amide bonds. The van der Waals surface area contributed by atoms with Gasteiger partial charge in [-0.25, -0.2) is 4.79 Å². The predicted octanol–water partition coefficient (Wildman–Crippen LogP) is -0.158. The Balaban J connectivity index is 0. The first-order valence-electron chi connectivity index (χ1n) is 3.12. The van der Waals surface area contributed by atoms with E-state index in [0.717, 1.165) is 12.8 Å². The molecular weight excluding hydrogens is 136 g/mol. The van der Waals surface area contributed by atoms with Crippen LogP contribution in [-0.4, -0.2) is 34.5 Å². The van der Waals surface area contributed by atoms with Crippen LogP contribution < -0.4 is 0 Å². The van der Waals surface area contributed by atoms with E-state index < -0.39 is 12.6 Å². The van der Waals surface area contributed by atoms with Crippen LogP contribution in [0.15, 0.2) is 0 Å². The maximum atomic E-state index is 9.12. The summed E-state index contributed by atoms with van der Waals surface area (Å²) in [5.41, 5.74) is 0. The van der Waals surface area contributed by atoms with Crippen LogP contribution in [0.5, 0.6) is 0 Å². The second-order valence-corrected chi connectivity index (χ2v) is 1.63. The van der Waals surface area contributed by atoms with Crippen LogP contribution in [0, 0.1) is 0 Å². The van der Waals surface area contributed by atoms with E-state index in [4.69, 9.17) is 20.1 Å². The summed E-state index contributed by atoms with van der Waals surface area (Å²) < 4.78 is 0. The van der Waals surface area contributed by atoms with Crippen LogP contribution in [0.3, 0.4) is 0 Å². The zero-order valence-electron chi connectivity index (χ0n) is 6.08. The highest BCUT2D eigenvalue weighted by molar-refractivity contribution is 5.67. The van der Waals surface area contributed by atoms with Gasteiger partial charge >= 0.3 is 5.97 Å². The SMILES string of the molecule is CCCCO.O=C(O)CO. The molecule has 0 bridgehead atoms. The summed E-state index contributed by atoms with van der Waals surface area (Å²) in [7, 11) is 0. The van der Waals surface area contributed by atoms with E-state index in [-0.39, 0.29) is 0 Å². The highest BCUT2D eigenvalue weighted by atomic mass is 16.4.